The minimum atomic E-state index is 0.425. The molecule has 0 heterocycles. The van der Waals surface area contributed by atoms with E-state index in [2.05, 4.69) is 6.92 Å². The third-order valence-corrected chi connectivity index (χ3v) is 3.59. The van der Waals surface area contributed by atoms with E-state index in [4.69, 9.17) is 0 Å². The third kappa shape index (κ3) is 3.18. The van der Waals surface area contributed by atoms with Crippen LogP contribution >= 0.6 is 11.8 Å². The van der Waals surface area contributed by atoms with Crippen LogP contribution in [0.15, 0.2) is 0 Å². The Hall–Kier alpha value is 0.0200. The highest BCUT2D eigenvalue weighted by molar-refractivity contribution is 7.99. The van der Waals surface area contributed by atoms with Crippen molar-refractivity contribution in [1.82, 2.24) is 0 Å². The van der Waals surface area contributed by atoms with Gasteiger partial charge in [0.2, 0.25) is 0 Å². The van der Waals surface area contributed by atoms with Crippen molar-refractivity contribution in [3.63, 3.8) is 0 Å². The second-order valence-electron chi connectivity index (χ2n) is 3.50. The highest BCUT2D eigenvalue weighted by Crippen LogP contribution is 2.26. The van der Waals surface area contributed by atoms with E-state index in [1.165, 1.54) is 19.3 Å². The second-order valence-corrected chi connectivity index (χ2v) is 4.61. The molecule has 0 atom stereocenters. The molecular formula is C10H18OS. The monoisotopic (exact) mass is 186 g/mol. The Morgan fingerprint density at radius 3 is 2.67 bits per heavy atom. The Kier molecular flexibility index (Phi) is 4.74. The molecule has 0 aliphatic heterocycles. The van der Waals surface area contributed by atoms with Gasteiger partial charge in [-0.05, 0) is 25.0 Å². The molecule has 1 fully saturated rings. The van der Waals surface area contributed by atoms with E-state index in [0.29, 0.717) is 11.7 Å². The Morgan fingerprint density at radius 2 is 2.08 bits per heavy atom. The summed E-state index contributed by atoms with van der Waals surface area (Å²) >= 11 is 1.80. The van der Waals surface area contributed by atoms with E-state index in [0.717, 1.165) is 24.3 Å². The summed E-state index contributed by atoms with van der Waals surface area (Å²) in [5.74, 6) is 2.83. The van der Waals surface area contributed by atoms with Crippen molar-refractivity contribution in [2.24, 2.45) is 5.92 Å². The first-order chi connectivity index (χ1) is 5.84. The molecule has 1 aliphatic carbocycles. The Labute approximate surface area is 79.3 Å². The Morgan fingerprint density at radius 1 is 1.42 bits per heavy atom. The summed E-state index contributed by atoms with van der Waals surface area (Å²) in [5.41, 5.74) is 0. The maximum atomic E-state index is 11.5. The molecule has 0 unspecified atom stereocenters. The number of Topliss-reactive ketones (excluding diaryl/α,β-unsaturated/α-hetero) is 1. The van der Waals surface area contributed by atoms with Crippen LogP contribution < -0.4 is 0 Å². The van der Waals surface area contributed by atoms with Crippen LogP contribution in [0.3, 0.4) is 0 Å². The van der Waals surface area contributed by atoms with Crippen LogP contribution in [0.5, 0.6) is 0 Å². The first-order valence-corrected chi connectivity index (χ1v) is 6.10. The van der Waals surface area contributed by atoms with Gasteiger partial charge in [-0.15, -0.1) is 0 Å². The Bertz CT molecular complexity index is 139. The van der Waals surface area contributed by atoms with Crippen LogP contribution in [-0.4, -0.2) is 17.3 Å². The molecule has 2 heteroatoms. The maximum absolute atomic E-state index is 11.5. The summed E-state index contributed by atoms with van der Waals surface area (Å²) in [5, 5.41) is 0. The van der Waals surface area contributed by atoms with Crippen LogP contribution in [0.2, 0.25) is 0 Å². The van der Waals surface area contributed by atoms with Gasteiger partial charge in [0.05, 0.1) is 5.75 Å². The number of ketones is 1. The number of rotatable bonds is 5. The molecule has 0 amide bonds. The number of carbonyl (C=O) groups excluding carboxylic acids is 1. The van der Waals surface area contributed by atoms with Gasteiger partial charge in [0, 0.05) is 5.92 Å². The van der Waals surface area contributed by atoms with Crippen molar-refractivity contribution in [1.29, 1.82) is 0 Å². The number of hydrogen-bond acceptors (Lipinski definition) is 2. The zero-order chi connectivity index (χ0) is 8.81. The molecule has 0 bridgehead atoms. The van der Waals surface area contributed by atoms with Crippen molar-refractivity contribution in [2.45, 2.75) is 39.0 Å². The number of hydrogen-bond donors (Lipinski definition) is 0. The molecule has 1 nitrogen and oxygen atoms in total. The number of thioether (sulfide) groups is 1. The largest absolute Gasteiger partial charge is 0.298 e. The summed E-state index contributed by atoms with van der Waals surface area (Å²) in [7, 11) is 0. The molecule has 0 aromatic carbocycles. The Balaban J connectivity index is 2.10. The quantitative estimate of drug-likeness (QED) is 0.614. The van der Waals surface area contributed by atoms with Gasteiger partial charge in [0.25, 0.3) is 0 Å². The van der Waals surface area contributed by atoms with E-state index in [9.17, 15) is 4.79 Å². The fourth-order valence-electron chi connectivity index (χ4n) is 1.68. The molecular weight excluding hydrogens is 168 g/mol. The highest BCUT2D eigenvalue weighted by Gasteiger charge is 2.21. The smallest absolute Gasteiger partial charge is 0.145 e. The average molecular weight is 186 g/mol. The molecule has 1 saturated carbocycles. The standard InChI is InChI=1S/C10H18OS/c1-2-7-12-8-10(11)9-5-3-4-6-9/h9H,2-8H2,1H3. The highest BCUT2D eigenvalue weighted by atomic mass is 32.2. The van der Waals surface area contributed by atoms with Crippen molar-refractivity contribution in [3.05, 3.63) is 0 Å². The zero-order valence-corrected chi connectivity index (χ0v) is 8.66. The van der Waals surface area contributed by atoms with E-state index >= 15 is 0 Å². The van der Waals surface area contributed by atoms with Crippen molar-refractivity contribution in [2.75, 3.05) is 11.5 Å². The fraction of sp³-hybridized carbons (Fsp3) is 0.900. The first-order valence-electron chi connectivity index (χ1n) is 4.95. The molecule has 70 valence electrons. The molecule has 0 N–H and O–H groups in total. The third-order valence-electron chi connectivity index (χ3n) is 2.40. The normalized spacial score (nSPS) is 18.4. The lowest BCUT2D eigenvalue weighted by molar-refractivity contribution is -0.120. The van der Waals surface area contributed by atoms with Gasteiger partial charge < -0.3 is 0 Å². The van der Waals surface area contributed by atoms with Crippen LogP contribution in [0.25, 0.3) is 0 Å². The molecule has 0 aromatic rings. The summed E-state index contributed by atoms with van der Waals surface area (Å²) in [6.45, 7) is 2.16. The van der Waals surface area contributed by atoms with Crippen LogP contribution in [-0.2, 0) is 4.79 Å². The van der Waals surface area contributed by atoms with Gasteiger partial charge in [-0.25, -0.2) is 0 Å². The SMILES string of the molecule is CCCSCC(=O)C1CCCC1. The predicted molar refractivity (Wildman–Crippen MR) is 54.6 cm³/mol. The summed E-state index contributed by atoms with van der Waals surface area (Å²) in [6.07, 6.45) is 6.04. The van der Waals surface area contributed by atoms with Crippen molar-refractivity contribution in [3.8, 4) is 0 Å². The van der Waals surface area contributed by atoms with E-state index in [-0.39, 0.29) is 0 Å². The zero-order valence-electron chi connectivity index (χ0n) is 7.84. The minimum absolute atomic E-state index is 0.425. The molecule has 0 saturated heterocycles. The molecule has 0 radical (unpaired) electrons. The van der Waals surface area contributed by atoms with Gasteiger partial charge in [0.1, 0.15) is 5.78 Å². The van der Waals surface area contributed by atoms with Crippen molar-refractivity contribution < 1.29 is 4.79 Å². The van der Waals surface area contributed by atoms with E-state index in [1.807, 2.05) is 0 Å². The molecule has 1 aliphatic rings. The second kappa shape index (κ2) is 5.63. The van der Waals surface area contributed by atoms with Crippen LogP contribution in [0.1, 0.15) is 39.0 Å². The molecule has 12 heavy (non-hydrogen) atoms. The lowest BCUT2D eigenvalue weighted by Gasteiger charge is -2.06. The lowest BCUT2D eigenvalue weighted by atomic mass is 10.0. The van der Waals surface area contributed by atoms with Gasteiger partial charge in [0.15, 0.2) is 0 Å². The summed E-state index contributed by atoms with van der Waals surface area (Å²) in [4.78, 5) is 11.5. The average Bonchev–Trinajstić information content (AvgIpc) is 2.56. The maximum Gasteiger partial charge on any atom is 0.145 e. The molecule has 0 spiro atoms. The van der Waals surface area contributed by atoms with Crippen molar-refractivity contribution >= 4 is 17.5 Å². The minimum Gasteiger partial charge on any atom is -0.298 e. The van der Waals surface area contributed by atoms with E-state index in [1.54, 1.807) is 11.8 Å². The first kappa shape index (κ1) is 10.1. The summed E-state index contributed by atoms with van der Waals surface area (Å²) in [6, 6.07) is 0. The molecule has 1 rings (SSSR count). The topological polar surface area (TPSA) is 17.1 Å². The van der Waals surface area contributed by atoms with Gasteiger partial charge >= 0.3 is 0 Å². The summed E-state index contributed by atoms with van der Waals surface area (Å²) < 4.78 is 0. The van der Waals surface area contributed by atoms with Gasteiger partial charge in [-0.3, -0.25) is 4.79 Å². The molecule has 0 aromatic heterocycles. The van der Waals surface area contributed by atoms with Gasteiger partial charge in [-0.1, -0.05) is 19.8 Å². The lowest BCUT2D eigenvalue weighted by Crippen LogP contribution is -2.13. The van der Waals surface area contributed by atoms with Gasteiger partial charge in [-0.2, -0.15) is 11.8 Å². The predicted octanol–water partition coefficient (Wildman–Crippen LogP) is 2.89. The van der Waals surface area contributed by atoms with E-state index < -0.39 is 0 Å². The fourth-order valence-corrected chi connectivity index (χ4v) is 2.55. The number of carbonyl (C=O) groups is 1. The van der Waals surface area contributed by atoms with Crippen LogP contribution in [0.4, 0.5) is 0 Å². The van der Waals surface area contributed by atoms with Crippen LogP contribution in [0, 0.1) is 5.92 Å².